The summed E-state index contributed by atoms with van der Waals surface area (Å²) in [6, 6.07) is 19.2. The van der Waals surface area contributed by atoms with Crippen LogP contribution in [0.1, 0.15) is 35.1 Å². The number of hydrogen-bond acceptors (Lipinski definition) is 6. The maximum absolute atomic E-state index is 13.3. The highest BCUT2D eigenvalue weighted by molar-refractivity contribution is 7.89. The predicted octanol–water partition coefficient (Wildman–Crippen LogP) is 4.48. The second-order valence-electron chi connectivity index (χ2n) is 9.31. The molecule has 1 aliphatic carbocycles. The molecule has 1 heterocycles. The van der Waals surface area contributed by atoms with Crippen LogP contribution in [0.4, 0.5) is 0 Å². The van der Waals surface area contributed by atoms with E-state index in [4.69, 9.17) is 9.15 Å². The Morgan fingerprint density at radius 1 is 0.973 bits per heavy atom. The number of fused-ring (bicyclic) bond motifs is 3. The summed E-state index contributed by atoms with van der Waals surface area (Å²) in [6.07, 6.45) is 3.56. The molecule has 3 aromatic carbocycles. The zero-order chi connectivity index (χ0) is 26.0. The van der Waals surface area contributed by atoms with Gasteiger partial charge in [0.25, 0.3) is 0 Å². The lowest BCUT2D eigenvalue weighted by molar-refractivity contribution is -0.136. The van der Waals surface area contributed by atoms with Gasteiger partial charge in [-0.3, -0.25) is 0 Å². The van der Waals surface area contributed by atoms with E-state index in [1.807, 2.05) is 37.3 Å². The third-order valence-corrected chi connectivity index (χ3v) is 8.10. The summed E-state index contributed by atoms with van der Waals surface area (Å²) in [7, 11) is -3.99. The Balaban J connectivity index is 1.43. The average molecular weight is 518 g/mol. The molecule has 0 amide bonds. The zero-order valence-electron chi connectivity index (χ0n) is 20.4. The summed E-state index contributed by atoms with van der Waals surface area (Å²) in [4.78, 5) is 25.8. The van der Waals surface area contributed by atoms with Crippen molar-refractivity contribution in [2.75, 3.05) is 0 Å². The SMILES string of the molecule is Cc1ccc(S(=O)(=O)N[C@H](Cc2ccccc2)C(=O)Oc2ccc3c4c(c(=O)oc3c2)CCCC4)cc1. The minimum atomic E-state index is -3.99. The molecule has 8 heteroatoms. The van der Waals surface area contributed by atoms with Crippen LogP contribution in [0, 0.1) is 6.92 Å². The summed E-state index contributed by atoms with van der Waals surface area (Å²) in [5, 5.41) is 0.829. The van der Waals surface area contributed by atoms with Crippen LogP contribution in [-0.4, -0.2) is 20.4 Å². The maximum Gasteiger partial charge on any atom is 0.339 e. The first-order valence-electron chi connectivity index (χ1n) is 12.2. The van der Waals surface area contributed by atoms with Gasteiger partial charge < -0.3 is 9.15 Å². The standard InChI is InChI=1S/C29H27NO6S/c1-19-11-14-22(15-12-19)37(33,34)30-26(17-20-7-3-2-4-8-20)29(32)35-21-13-16-24-23-9-5-6-10-25(23)28(31)36-27(24)18-21/h2-4,7-8,11-16,18,26,30H,5-6,9-10,17H2,1H3/t26-/m1/s1. The summed E-state index contributed by atoms with van der Waals surface area (Å²) >= 11 is 0. The molecule has 4 aromatic rings. The highest BCUT2D eigenvalue weighted by Gasteiger charge is 2.28. The number of nitrogens with one attached hydrogen (secondary N) is 1. The number of ether oxygens (including phenoxy) is 1. The minimum Gasteiger partial charge on any atom is -0.425 e. The molecule has 190 valence electrons. The van der Waals surface area contributed by atoms with Gasteiger partial charge in [0.15, 0.2) is 0 Å². The third kappa shape index (κ3) is 5.50. The van der Waals surface area contributed by atoms with Crippen LogP contribution in [-0.2, 0) is 34.1 Å². The lowest BCUT2D eigenvalue weighted by Crippen LogP contribution is -2.44. The first kappa shape index (κ1) is 24.9. The number of hydrogen-bond donors (Lipinski definition) is 1. The molecule has 5 rings (SSSR count). The molecule has 1 aliphatic rings. The van der Waals surface area contributed by atoms with Gasteiger partial charge in [-0.05, 0) is 74.4 Å². The Labute approximate surface area is 215 Å². The fourth-order valence-electron chi connectivity index (χ4n) is 4.67. The smallest absolute Gasteiger partial charge is 0.339 e. The summed E-state index contributed by atoms with van der Waals surface area (Å²) < 4.78 is 39.8. The number of carbonyl (C=O) groups is 1. The highest BCUT2D eigenvalue weighted by atomic mass is 32.2. The lowest BCUT2D eigenvalue weighted by Gasteiger charge is -2.19. The number of sulfonamides is 1. The van der Waals surface area contributed by atoms with E-state index in [1.165, 1.54) is 18.2 Å². The van der Waals surface area contributed by atoms with Crippen molar-refractivity contribution in [1.82, 2.24) is 4.72 Å². The minimum absolute atomic E-state index is 0.0567. The Morgan fingerprint density at radius 2 is 1.68 bits per heavy atom. The van der Waals surface area contributed by atoms with Crippen molar-refractivity contribution in [3.05, 3.63) is 105 Å². The molecule has 0 unspecified atom stereocenters. The van der Waals surface area contributed by atoms with Crippen molar-refractivity contribution in [3.63, 3.8) is 0 Å². The molecule has 1 N–H and O–H groups in total. The Morgan fingerprint density at radius 3 is 2.41 bits per heavy atom. The molecule has 0 fully saturated rings. The molecule has 0 saturated carbocycles. The molecule has 1 aromatic heterocycles. The number of benzene rings is 3. The molecule has 37 heavy (non-hydrogen) atoms. The van der Waals surface area contributed by atoms with Gasteiger partial charge in [0, 0.05) is 17.0 Å². The van der Waals surface area contributed by atoms with E-state index in [9.17, 15) is 18.0 Å². The second-order valence-corrected chi connectivity index (χ2v) is 11.0. The van der Waals surface area contributed by atoms with Crippen LogP contribution in [0.25, 0.3) is 11.0 Å². The Bertz CT molecular complexity index is 1610. The number of esters is 1. The maximum atomic E-state index is 13.3. The monoisotopic (exact) mass is 517 g/mol. The zero-order valence-corrected chi connectivity index (χ0v) is 21.2. The van der Waals surface area contributed by atoms with Crippen LogP contribution in [0.3, 0.4) is 0 Å². The van der Waals surface area contributed by atoms with Crippen LogP contribution >= 0.6 is 0 Å². The molecule has 0 radical (unpaired) electrons. The van der Waals surface area contributed by atoms with Gasteiger partial charge in [-0.15, -0.1) is 0 Å². The van der Waals surface area contributed by atoms with Crippen LogP contribution in [0.5, 0.6) is 5.75 Å². The fraction of sp³-hybridized carbons (Fsp3) is 0.241. The van der Waals surface area contributed by atoms with Gasteiger partial charge >= 0.3 is 11.6 Å². The quantitative estimate of drug-likeness (QED) is 0.220. The third-order valence-electron chi connectivity index (χ3n) is 6.61. The van der Waals surface area contributed by atoms with Crippen molar-refractivity contribution in [2.24, 2.45) is 0 Å². The summed E-state index contributed by atoms with van der Waals surface area (Å²) in [6.45, 7) is 1.86. The summed E-state index contributed by atoms with van der Waals surface area (Å²) in [5.74, 6) is -0.594. The number of aryl methyl sites for hydroxylation is 2. The van der Waals surface area contributed by atoms with E-state index in [1.54, 1.807) is 24.3 Å². The van der Waals surface area contributed by atoms with E-state index in [2.05, 4.69) is 4.72 Å². The van der Waals surface area contributed by atoms with Crippen LogP contribution < -0.4 is 15.1 Å². The second kappa shape index (κ2) is 10.3. The van der Waals surface area contributed by atoms with Crippen molar-refractivity contribution in [3.8, 4) is 5.75 Å². The lowest BCUT2D eigenvalue weighted by atomic mass is 9.91. The van der Waals surface area contributed by atoms with Crippen LogP contribution in [0.15, 0.2) is 86.9 Å². The van der Waals surface area contributed by atoms with E-state index >= 15 is 0 Å². The van der Waals surface area contributed by atoms with Gasteiger partial charge in [0.05, 0.1) is 4.90 Å². The van der Waals surface area contributed by atoms with Gasteiger partial charge in [-0.25, -0.2) is 18.0 Å². The fourth-order valence-corrected chi connectivity index (χ4v) is 5.86. The predicted molar refractivity (Wildman–Crippen MR) is 140 cm³/mol. The highest BCUT2D eigenvalue weighted by Crippen LogP contribution is 2.29. The molecule has 0 aliphatic heterocycles. The van der Waals surface area contributed by atoms with Crippen LogP contribution in [0.2, 0.25) is 0 Å². The Kier molecular flexibility index (Phi) is 6.95. The topological polar surface area (TPSA) is 103 Å². The molecule has 0 spiro atoms. The normalized spacial score (nSPS) is 14.2. The van der Waals surface area contributed by atoms with Gasteiger partial charge in [0.1, 0.15) is 17.4 Å². The molecule has 0 bridgehead atoms. The van der Waals surface area contributed by atoms with E-state index < -0.39 is 22.0 Å². The van der Waals surface area contributed by atoms with E-state index in [0.717, 1.165) is 46.9 Å². The first-order valence-corrected chi connectivity index (χ1v) is 13.7. The number of carbonyl (C=O) groups excluding carboxylic acids is 1. The van der Waals surface area contributed by atoms with Gasteiger partial charge in [-0.1, -0.05) is 48.0 Å². The molecule has 0 saturated heterocycles. The first-order chi connectivity index (χ1) is 17.8. The Hall–Kier alpha value is -3.75. The number of rotatable bonds is 7. The average Bonchev–Trinajstić information content (AvgIpc) is 2.89. The molecular formula is C29H27NO6S. The summed E-state index contributed by atoms with van der Waals surface area (Å²) in [5.41, 5.74) is 3.38. The van der Waals surface area contributed by atoms with Crippen molar-refractivity contribution < 1.29 is 22.4 Å². The molecular weight excluding hydrogens is 490 g/mol. The van der Waals surface area contributed by atoms with E-state index in [0.29, 0.717) is 12.0 Å². The largest absolute Gasteiger partial charge is 0.425 e. The van der Waals surface area contributed by atoms with Crippen molar-refractivity contribution in [2.45, 2.75) is 50.0 Å². The molecule has 1 atom stereocenters. The molecule has 7 nitrogen and oxygen atoms in total. The van der Waals surface area contributed by atoms with Gasteiger partial charge in [-0.2, -0.15) is 4.72 Å². The van der Waals surface area contributed by atoms with Crippen molar-refractivity contribution in [1.29, 1.82) is 0 Å². The van der Waals surface area contributed by atoms with Gasteiger partial charge in [0.2, 0.25) is 10.0 Å². The van der Waals surface area contributed by atoms with Crippen molar-refractivity contribution >= 4 is 27.0 Å². The van der Waals surface area contributed by atoms with E-state index in [-0.39, 0.29) is 22.7 Å².